The van der Waals surface area contributed by atoms with E-state index in [0.717, 1.165) is 4.96 Å². The van der Waals surface area contributed by atoms with Crippen molar-refractivity contribution in [2.45, 2.75) is 6.42 Å². The van der Waals surface area contributed by atoms with Crippen molar-refractivity contribution in [3.8, 4) is 5.75 Å². The summed E-state index contributed by atoms with van der Waals surface area (Å²) in [6, 6.07) is 6.83. The number of carbonyl (C=O) groups is 2. The van der Waals surface area contributed by atoms with Crippen molar-refractivity contribution in [2.24, 2.45) is 0 Å². The Kier molecular flexibility index (Phi) is 4.38. The van der Waals surface area contributed by atoms with Gasteiger partial charge in [0.05, 0.1) is 24.8 Å². The second-order valence-electron chi connectivity index (χ2n) is 4.79. The molecule has 0 unspecified atom stereocenters. The van der Waals surface area contributed by atoms with E-state index < -0.39 is 5.97 Å². The van der Waals surface area contributed by atoms with Gasteiger partial charge < -0.3 is 9.47 Å². The van der Waals surface area contributed by atoms with Crippen LogP contribution < -0.4 is 4.74 Å². The monoisotopic (exact) mass is 330 g/mol. The molecule has 2 aromatic heterocycles. The van der Waals surface area contributed by atoms with Crippen molar-refractivity contribution in [1.29, 1.82) is 0 Å². The third-order valence-corrected chi connectivity index (χ3v) is 4.01. The molecule has 0 radical (unpaired) electrons. The summed E-state index contributed by atoms with van der Waals surface area (Å²) >= 11 is 1.49. The summed E-state index contributed by atoms with van der Waals surface area (Å²) in [6.07, 6.45) is 3.68. The molecule has 0 spiro atoms. The van der Waals surface area contributed by atoms with Gasteiger partial charge in [-0.3, -0.25) is 14.0 Å². The van der Waals surface area contributed by atoms with Gasteiger partial charge in [-0.15, -0.1) is 11.3 Å². The van der Waals surface area contributed by atoms with Crippen LogP contribution in [0.15, 0.2) is 42.0 Å². The van der Waals surface area contributed by atoms with Crippen molar-refractivity contribution < 1.29 is 19.1 Å². The summed E-state index contributed by atoms with van der Waals surface area (Å²) < 4.78 is 12.0. The van der Waals surface area contributed by atoms with E-state index in [9.17, 15) is 9.59 Å². The van der Waals surface area contributed by atoms with Crippen LogP contribution in [0, 0.1) is 0 Å². The topological polar surface area (TPSA) is 69.9 Å². The summed E-state index contributed by atoms with van der Waals surface area (Å²) in [5.74, 6) is -0.330. The molecule has 0 aliphatic rings. The number of hydrogen-bond acceptors (Lipinski definition) is 6. The maximum Gasteiger partial charge on any atom is 0.312 e. The predicted molar refractivity (Wildman–Crippen MR) is 85.1 cm³/mol. The highest BCUT2D eigenvalue weighted by atomic mass is 32.1. The van der Waals surface area contributed by atoms with E-state index in [0.29, 0.717) is 17.0 Å². The number of benzene rings is 1. The lowest BCUT2D eigenvalue weighted by Crippen LogP contribution is -2.16. The first kappa shape index (κ1) is 15.2. The molecule has 0 saturated carbocycles. The molecular weight excluding hydrogens is 316 g/mol. The number of nitrogens with zero attached hydrogens (tertiary/aromatic N) is 2. The number of hydrogen-bond donors (Lipinski definition) is 0. The fourth-order valence-corrected chi connectivity index (χ4v) is 2.88. The molecule has 0 N–H and O–H groups in total. The number of aromatic nitrogens is 2. The SMILES string of the molecule is COc1ccccc1C(=O)COC(=O)Cc1cn2ccsc2n1. The summed E-state index contributed by atoms with van der Waals surface area (Å²) in [6.45, 7) is -0.318. The molecule has 0 fully saturated rings. The highest BCUT2D eigenvalue weighted by molar-refractivity contribution is 7.15. The smallest absolute Gasteiger partial charge is 0.312 e. The molecule has 7 heteroatoms. The van der Waals surface area contributed by atoms with Crippen molar-refractivity contribution in [3.05, 3.63) is 53.3 Å². The number of Topliss-reactive ketones (excluding diaryl/α,β-unsaturated/α-hetero) is 1. The number of para-hydroxylation sites is 1. The fraction of sp³-hybridized carbons (Fsp3) is 0.188. The summed E-state index contributed by atoms with van der Waals surface area (Å²) in [4.78, 5) is 29.1. The van der Waals surface area contributed by atoms with E-state index >= 15 is 0 Å². The maximum absolute atomic E-state index is 12.1. The Morgan fingerprint density at radius 3 is 2.91 bits per heavy atom. The second kappa shape index (κ2) is 6.62. The quantitative estimate of drug-likeness (QED) is 0.513. The fourth-order valence-electron chi connectivity index (χ4n) is 2.16. The van der Waals surface area contributed by atoms with E-state index in [1.54, 1.807) is 30.5 Å². The van der Waals surface area contributed by atoms with Gasteiger partial charge in [-0.25, -0.2) is 4.98 Å². The van der Waals surface area contributed by atoms with Crippen LogP contribution in [0.5, 0.6) is 5.75 Å². The van der Waals surface area contributed by atoms with Crippen LogP contribution in [-0.4, -0.2) is 34.9 Å². The van der Waals surface area contributed by atoms with Gasteiger partial charge in [0, 0.05) is 17.8 Å². The Morgan fingerprint density at radius 1 is 1.30 bits per heavy atom. The van der Waals surface area contributed by atoms with Crippen LogP contribution in [-0.2, 0) is 16.0 Å². The molecule has 23 heavy (non-hydrogen) atoms. The average molecular weight is 330 g/mol. The van der Waals surface area contributed by atoms with E-state index in [4.69, 9.17) is 9.47 Å². The second-order valence-corrected chi connectivity index (χ2v) is 5.66. The highest BCUT2D eigenvalue weighted by Crippen LogP contribution is 2.18. The maximum atomic E-state index is 12.1. The number of esters is 1. The lowest BCUT2D eigenvalue weighted by Gasteiger charge is -2.07. The molecule has 0 atom stereocenters. The molecular formula is C16H14N2O4S. The molecule has 0 saturated heterocycles. The first-order valence-electron chi connectivity index (χ1n) is 6.90. The molecule has 0 aliphatic heterocycles. The zero-order valence-electron chi connectivity index (χ0n) is 12.4. The number of fused-ring (bicyclic) bond motifs is 1. The van der Waals surface area contributed by atoms with E-state index in [1.165, 1.54) is 18.4 Å². The first-order chi connectivity index (χ1) is 11.2. The summed E-state index contributed by atoms with van der Waals surface area (Å²) in [7, 11) is 1.49. The van der Waals surface area contributed by atoms with Crippen LogP contribution in [0.4, 0.5) is 0 Å². The molecule has 3 aromatic rings. The summed E-state index contributed by atoms with van der Waals surface area (Å²) in [5, 5.41) is 1.91. The predicted octanol–water partition coefficient (Wildman–Crippen LogP) is 2.37. The van der Waals surface area contributed by atoms with E-state index in [2.05, 4.69) is 4.98 Å². The van der Waals surface area contributed by atoms with Gasteiger partial charge >= 0.3 is 5.97 Å². The number of ketones is 1. The normalized spacial score (nSPS) is 10.7. The van der Waals surface area contributed by atoms with Crippen molar-refractivity contribution >= 4 is 28.1 Å². The zero-order chi connectivity index (χ0) is 16.2. The minimum Gasteiger partial charge on any atom is -0.496 e. The van der Waals surface area contributed by atoms with Crippen LogP contribution >= 0.6 is 11.3 Å². The van der Waals surface area contributed by atoms with Gasteiger partial charge in [0.1, 0.15) is 5.75 Å². The molecule has 0 bridgehead atoms. The average Bonchev–Trinajstić information content (AvgIpc) is 3.13. The molecule has 6 nitrogen and oxygen atoms in total. The molecule has 0 amide bonds. The highest BCUT2D eigenvalue weighted by Gasteiger charge is 2.15. The number of carbonyl (C=O) groups excluding carboxylic acids is 2. The van der Waals surface area contributed by atoms with Crippen molar-refractivity contribution in [2.75, 3.05) is 13.7 Å². The Balaban J connectivity index is 1.58. The number of imidazole rings is 1. The van der Waals surface area contributed by atoms with Crippen LogP contribution in [0.25, 0.3) is 4.96 Å². The third-order valence-electron chi connectivity index (χ3n) is 3.24. The number of methoxy groups -OCH3 is 1. The standard InChI is InChI=1S/C16H14N2O4S/c1-21-14-5-3-2-4-12(14)13(19)10-22-15(20)8-11-9-18-6-7-23-16(18)17-11/h2-7,9H,8,10H2,1H3. The van der Waals surface area contributed by atoms with Gasteiger partial charge in [-0.2, -0.15) is 0 Å². The van der Waals surface area contributed by atoms with E-state index in [-0.39, 0.29) is 18.8 Å². The first-order valence-corrected chi connectivity index (χ1v) is 7.78. The molecule has 1 aromatic carbocycles. The molecule has 118 valence electrons. The van der Waals surface area contributed by atoms with Gasteiger partial charge in [0.15, 0.2) is 11.6 Å². The largest absolute Gasteiger partial charge is 0.496 e. The number of thiazole rings is 1. The zero-order valence-corrected chi connectivity index (χ0v) is 13.2. The Hall–Kier alpha value is -2.67. The third kappa shape index (κ3) is 3.40. The van der Waals surface area contributed by atoms with Crippen LogP contribution in [0.2, 0.25) is 0 Å². The minimum absolute atomic E-state index is 0.0353. The van der Waals surface area contributed by atoms with Gasteiger partial charge in [0.25, 0.3) is 0 Å². The number of ether oxygens (including phenoxy) is 2. The van der Waals surface area contributed by atoms with Gasteiger partial charge in [0.2, 0.25) is 5.78 Å². The Bertz CT molecular complexity index is 824. The molecule has 0 aliphatic carbocycles. The van der Waals surface area contributed by atoms with E-state index in [1.807, 2.05) is 16.0 Å². The summed E-state index contributed by atoms with van der Waals surface area (Å²) in [5.41, 5.74) is 1.01. The molecule has 2 heterocycles. The van der Waals surface area contributed by atoms with Crippen molar-refractivity contribution in [1.82, 2.24) is 9.38 Å². The Labute approximate surface area is 136 Å². The lowest BCUT2D eigenvalue weighted by molar-refractivity contribution is -0.141. The van der Waals surface area contributed by atoms with Crippen molar-refractivity contribution in [3.63, 3.8) is 0 Å². The minimum atomic E-state index is -0.487. The van der Waals surface area contributed by atoms with Gasteiger partial charge in [-0.1, -0.05) is 12.1 Å². The lowest BCUT2D eigenvalue weighted by atomic mass is 10.1. The Morgan fingerprint density at radius 2 is 2.13 bits per heavy atom. The number of rotatable bonds is 6. The molecule has 3 rings (SSSR count). The van der Waals surface area contributed by atoms with Crippen LogP contribution in [0.1, 0.15) is 16.1 Å². The van der Waals surface area contributed by atoms with Gasteiger partial charge in [-0.05, 0) is 12.1 Å². The van der Waals surface area contributed by atoms with Crippen LogP contribution in [0.3, 0.4) is 0 Å².